The van der Waals surface area contributed by atoms with Crippen LogP contribution in [0.25, 0.3) is 0 Å². The lowest BCUT2D eigenvalue weighted by atomic mass is 10.0. The second-order valence-corrected chi connectivity index (χ2v) is 6.13. The van der Waals surface area contributed by atoms with E-state index in [1.54, 1.807) is 0 Å². The first-order chi connectivity index (χ1) is 9.22. The zero-order valence-corrected chi connectivity index (χ0v) is 12.8. The van der Waals surface area contributed by atoms with E-state index in [1.165, 1.54) is 4.90 Å². The zero-order chi connectivity index (χ0) is 13.9. The average Bonchev–Trinajstić information content (AvgIpc) is 2.39. The second-order valence-electron chi connectivity index (χ2n) is 4.96. The summed E-state index contributed by atoms with van der Waals surface area (Å²) >= 11 is 1.84. The summed E-state index contributed by atoms with van der Waals surface area (Å²) in [7, 11) is 0. The fourth-order valence-corrected chi connectivity index (χ4v) is 2.86. The lowest BCUT2D eigenvalue weighted by Gasteiger charge is -2.10. The van der Waals surface area contributed by atoms with E-state index in [9.17, 15) is 4.79 Å². The summed E-state index contributed by atoms with van der Waals surface area (Å²) in [5.74, 6) is 1.75. The second kappa shape index (κ2) is 9.90. The van der Waals surface area contributed by atoms with Crippen molar-refractivity contribution >= 4 is 17.7 Å². The van der Waals surface area contributed by atoms with E-state index in [0.29, 0.717) is 12.3 Å². The van der Waals surface area contributed by atoms with Gasteiger partial charge < -0.3 is 5.32 Å². The quantitative estimate of drug-likeness (QED) is 0.544. The van der Waals surface area contributed by atoms with Crippen LogP contribution in [-0.2, 0) is 4.79 Å². The lowest BCUT2D eigenvalue weighted by molar-refractivity contribution is -0.121. The number of carbonyl (C=O) groups excluding carboxylic acids is 1. The Morgan fingerprint density at radius 3 is 2.74 bits per heavy atom. The summed E-state index contributed by atoms with van der Waals surface area (Å²) in [6, 6.07) is 10.4. The molecule has 1 atom stereocenters. The largest absolute Gasteiger partial charge is 0.356 e. The van der Waals surface area contributed by atoms with Gasteiger partial charge in [-0.2, -0.15) is 0 Å². The summed E-state index contributed by atoms with van der Waals surface area (Å²) in [5, 5.41) is 3.01. The predicted molar refractivity (Wildman–Crippen MR) is 83.5 cm³/mol. The van der Waals surface area contributed by atoms with Crippen molar-refractivity contribution in [2.45, 2.75) is 44.4 Å². The van der Waals surface area contributed by atoms with Crippen LogP contribution in [0, 0.1) is 5.92 Å². The number of hydrogen-bond acceptors (Lipinski definition) is 2. The molecule has 1 rings (SSSR count). The van der Waals surface area contributed by atoms with Crippen LogP contribution in [0.3, 0.4) is 0 Å². The molecule has 1 aromatic carbocycles. The standard InChI is InChI=1S/C16H25NOS/c1-3-8-14(2)13-16(18)17-11-7-12-19-15-9-5-4-6-10-15/h4-6,9-10,14H,3,7-8,11-13H2,1-2H3,(H,17,18). The van der Waals surface area contributed by atoms with Gasteiger partial charge in [0.05, 0.1) is 0 Å². The van der Waals surface area contributed by atoms with Crippen molar-refractivity contribution in [3.63, 3.8) is 0 Å². The number of amides is 1. The van der Waals surface area contributed by atoms with Crippen molar-refractivity contribution in [1.82, 2.24) is 5.32 Å². The van der Waals surface area contributed by atoms with Gasteiger partial charge in [0.15, 0.2) is 0 Å². The highest BCUT2D eigenvalue weighted by molar-refractivity contribution is 7.99. The van der Waals surface area contributed by atoms with E-state index >= 15 is 0 Å². The van der Waals surface area contributed by atoms with Gasteiger partial charge in [-0.3, -0.25) is 4.79 Å². The molecule has 0 saturated carbocycles. The summed E-state index contributed by atoms with van der Waals surface area (Å²) in [6.45, 7) is 5.10. The monoisotopic (exact) mass is 279 g/mol. The average molecular weight is 279 g/mol. The highest BCUT2D eigenvalue weighted by atomic mass is 32.2. The minimum atomic E-state index is 0.200. The normalized spacial score (nSPS) is 12.1. The Balaban J connectivity index is 2.03. The van der Waals surface area contributed by atoms with Gasteiger partial charge in [-0.25, -0.2) is 0 Å². The number of thioether (sulfide) groups is 1. The van der Waals surface area contributed by atoms with Gasteiger partial charge >= 0.3 is 0 Å². The molecule has 0 bridgehead atoms. The molecule has 0 fully saturated rings. The third kappa shape index (κ3) is 7.93. The van der Waals surface area contributed by atoms with Crippen molar-refractivity contribution in [2.75, 3.05) is 12.3 Å². The zero-order valence-electron chi connectivity index (χ0n) is 12.0. The molecule has 0 aromatic heterocycles. The fourth-order valence-electron chi connectivity index (χ4n) is 1.99. The van der Waals surface area contributed by atoms with Crippen LogP contribution < -0.4 is 5.32 Å². The summed E-state index contributed by atoms with van der Waals surface area (Å²) in [5.41, 5.74) is 0. The molecule has 19 heavy (non-hydrogen) atoms. The molecule has 0 aliphatic rings. The van der Waals surface area contributed by atoms with Crippen LogP contribution in [0.2, 0.25) is 0 Å². The molecular formula is C16H25NOS. The fraction of sp³-hybridized carbons (Fsp3) is 0.562. The Bertz CT molecular complexity index is 353. The van der Waals surface area contributed by atoms with Crippen LogP contribution in [0.15, 0.2) is 35.2 Å². The van der Waals surface area contributed by atoms with Crippen LogP contribution in [0.4, 0.5) is 0 Å². The number of benzene rings is 1. The Kier molecular flexibility index (Phi) is 8.39. The molecule has 1 N–H and O–H groups in total. The molecule has 1 aromatic rings. The van der Waals surface area contributed by atoms with E-state index in [-0.39, 0.29) is 5.91 Å². The molecular weight excluding hydrogens is 254 g/mol. The molecule has 1 amide bonds. The molecule has 0 heterocycles. The van der Waals surface area contributed by atoms with Crippen LogP contribution in [0.1, 0.15) is 39.5 Å². The smallest absolute Gasteiger partial charge is 0.220 e. The molecule has 0 spiro atoms. The van der Waals surface area contributed by atoms with Gasteiger partial charge in [-0.15, -0.1) is 11.8 Å². The van der Waals surface area contributed by atoms with Gasteiger partial charge in [-0.05, 0) is 30.2 Å². The third-order valence-electron chi connectivity index (χ3n) is 2.97. The van der Waals surface area contributed by atoms with E-state index in [4.69, 9.17) is 0 Å². The summed E-state index contributed by atoms with van der Waals surface area (Å²) < 4.78 is 0. The molecule has 3 heteroatoms. The van der Waals surface area contributed by atoms with Crippen molar-refractivity contribution < 1.29 is 4.79 Å². The van der Waals surface area contributed by atoms with Crippen molar-refractivity contribution in [3.05, 3.63) is 30.3 Å². The molecule has 106 valence electrons. The van der Waals surface area contributed by atoms with Gasteiger partial charge in [0.2, 0.25) is 5.91 Å². The Labute approximate surface area is 121 Å². The number of hydrogen-bond donors (Lipinski definition) is 1. The topological polar surface area (TPSA) is 29.1 Å². The first kappa shape index (κ1) is 16.1. The Morgan fingerprint density at radius 2 is 2.05 bits per heavy atom. The van der Waals surface area contributed by atoms with Crippen LogP contribution in [0.5, 0.6) is 0 Å². The Morgan fingerprint density at radius 1 is 1.32 bits per heavy atom. The highest BCUT2D eigenvalue weighted by Gasteiger charge is 2.07. The minimum Gasteiger partial charge on any atom is -0.356 e. The molecule has 0 aliphatic carbocycles. The van der Waals surface area contributed by atoms with Gasteiger partial charge in [0.1, 0.15) is 0 Å². The lowest BCUT2D eigenvalue weighted by Crippen LogP contribution is -2.26. The highest BCUT2D eigenvalue weighted by Crippen LogP contribution is 2.17. The first-order valence-corrected chi connectivity index (χ1v) is 8.15. The summed E-state index contributed by atoms with van der Waals surface area (Å²) in [4.78, 5) is 12.9. The predicted octanol–water partition coefficient (Wildman–Crippen LogP) is 4.11. The molecule has 0 aliphatic heterocycles. The SMILES string of the molecule is CCCC(C)CC(=O)NCCCSc1ccccc1. The van der Waals surface area contributed by atoms with Crippen molar-refractivity contribution in [1.29, 1.82) is 0 Å². The Hall–Kier alpha value is -0.960. The van der Waals surface area contributed by atoms with Gasteiger partial charge in [0.25, 0.3) is 0 Å². The van der Waals surface area contributed by atoms with Crippen molar-refractivity contribution in [3.8, 4) is 0 Å². The van der Waals surface area contributed by atoms with E-state index in [1.807, 2.05) is 17.8 Å². The van der Waals surface area contributed by atoms with Crippen LogP contribution >= 0.6 is 11.8 Å². The first-order valence-electron chi connectivity index (χ1n) is 7.17. The van der Waals surface area contributed by atoms with E-state index < -0.39 is 0 Å². The van der Waals surface area contributed by atoms with E-state index in [0.717, 1.165) is 31.6 Å². The van der Waals surface area contributed by atoms with Gasteiger partial charge in [-0.1, -0.05) is 44.9 Å². The van der Waals surface area contributed by atoms with Crippen molar-refractivity contribution in [2.24, 2.45) is 5.92 Å². The third-order valence-corrected chi connectivity index (χ3v) is 4.07. The molecule has 1 unspecified atom stereocenters. The van der Waals surface area contributed by atoms with Gasteiger partial charge in [0, 0.05) is 17.9 Å². The maximum Gasteiger partial charge on any atom is 0.220 e. The number of carbonyl (C=O) groups is 1. The molecule has 2 nitrogen and oxygen atoms in total. The maximum atomic E-state index is 11.6. The molecule has 0 saturated heterocycles. The van der Waals surface area contributed by atoms with E-state index in [2.05, 4.69) is 43.4 Å². The number of rotatable bonds is 9. The maximum absolute atomic E-state index is 11.6. The number of nitrogens with one attached hydrogen (secondary N) is 1. The molecule has 0 radical (unpaired) electrons. The minimum absolute atomic E-state index is 0.200. The summed E-state index contributed by atoms with van der Waals surface area (Å²) in [6.07, 6.45) is 3.98. The van der Waals surface area contributed by atoms with Crippen LogP contribution in [-0.4, -0.2) is 18.2 Å².